The lowest BCUT2D eigenvalue weighted by atomic mass is 9.92. The summed E-state index contributed by atoms with van der Waals surface area (Å²) < 4.78 is 11.9. The number of nitrogens with one attached hydrogen (secondary N) is 2. The standard InChI is InChI=1S/C43H54N6O4/c1-8-11-39(50)49(26(5)10-3)27(6)42-44-21-36(46-42)30-12-14-32-31(18-30)24-53-38-20-33-29(19-34(32)38)13-15-35-41(33)47-43(45-35)37-17-28(23-52-7)22-48(37)40(51)16-25(4)9-2/h12-15,18-21,25-28,37H,8-11,16-17,22-24H2,1-7H3,(H,44,46)(H,45,47)/t25-,26-,27-,28-,37-/m0/s1. The number of aromatic nitrogens is 4. The maximum atomic E-state index is 13.5. The van der Waals surface area contributed by atoms with Crippen LogP contribution in [-0.4, -0.2) is 67.9 Å². The number of aromatic amines is 2. The molecule has 2 N–H and O–H groups in total. The van der Waals surface area contributed by atoms with E-state index in [1.807, 2.05) is 22.9 Å². The molecule has 0 bridgehead atoms. The van der Waals surface area contributed by atoms with Crippen LogP contribution < -0.4 is 4.74 Å². The Kier molecular flexibility index (Phi) is 10.6. The third-order valence-electron chi connectivity index (χ3n) is 11.5. The van der Waals surface area contributed by atoms with Crippen molar-refractivity contribution in [3.8, 4) is 28.1 Å². The molecule has 0 spiro atoms. The fourth-order valence-electron chi connectivity index (χ4n) is 8.22. The zero-order chi connectivity index (χ0) is 37.4. The SMILES string of the molecule is CCCC(=O)N([C@@H](C)CC)[C@@H](C)c1ncc(-c2ccc3c(c2)COc2cc4c(ccc5[nH]c([C@@H]6C[C@H](COC)CN6C(=O)C[C@@H](C)CC)nc54)cc2-3)[nH]1. The molecule has 0 saturated carbocycles. The lowest BCUT2D eigenvalue weighted by Gasteiger charge is -2.33. The molecule has 5 aromatic rings. The topological polar surface area (TPSA) is 116 Å². The number of nitrogens with zero attached hydrogens (tertiary/aromatic N) is 4. The van der Waals surface area contributed by atoms with Crippen molar-refractivity contribution in [1.82, 2.24) is 29.7 Å². The van der Waals surface area contributed by atoms with E-state index in [4.69, 9.17) is 19.4 Å². The van der Waals surface area contributed by atoms with Gasteiger partial charge in [0.05, 0.1) is 41.6 Å². The van der Waals surface area contributed by atoms with E-state index in [1.54, 1.807) is 7.11 Å². The molecule has 3 aromatic carbocycles. The van der Waals surface area contributed by atoms with Gasteiger partial charge in [0, 0.05) is 49.4 Å². The number of fused-ring (bicyclic) bond motifs is 6. The number of benzene rings is 3. The van der Waals surface area contributed by atoms with E-state index in [9.17, 15) is 9.59 Å². The highest BCUT2D eigenvalue weighted by molar-refractivity contribution is 6.07. The van der Waals surface area contributed by atoms with Crippen molar-refractivity contribution < 1.29 is 19.1 Å². The number of imidazole rings is 2. The van der Waals surface area contributed by atoms with Crippen molar-refractivity contribution in [2.45, 2.75) is 105 Å². The predicted octanol–water partition coefficient (Wildman–Crippen LogP) is 9.13. The predicted molar refractivity (Wildman–Crippen MR) is 209 cm³/mol. The van der Waals surface area contributed by atoms with Crippen LogP contribution in [0.15, 0.2) is 48.7 Å². The number of H-pyrrole nitrogens is 2. The van der Waals surface area contributed by atoms with Gasteiger partial charge in [0.2, 0.25) is 11.8 Å². The van der Waals surface area contributed by atoms with Gasteiger partial charge in [0.15, 0.2) is 0 Å². The van der Waals surface area contributed by atoms with E-state index < -0.39 is 0 Å². The summed E-state index contributed by atoms with van der Waals surface area (Å²) >= 11 is 0. The Balaban J connectivity index is 1.16. The second-order valence-electron chi connectivity index (χ2n) is 15.3. The number of hydrogen-bond donors (Lipinski definition) is 2. The van der Waals surface area contributed by atoms with Gasteiger partial charge in [-0.2, -0.15) is 0 Å². The average molecular weight is 719 g/mol. The Bertz CT molecular complexity index is 2120. The van der Waals surface area contributed by atoms with E-state index in [0.29, 0.717) is 38.5 Å². The number of carbonyl (C=O) groups is 2. The number of methoxy groups -OCH3 is 1. The summed E-state index contributed by atoms with van der Waals surface area (Å²) in [5.74, 6) is 3.42. The molecule has 53 heavy (non-hydrogen) atoms. The van der Waals surface area contributed by atoms with Crippen LogP contribution in [-0.2, 0) is 20.9 Å². The van der Waals surface area contributed by atoms with Gasteiger partial charge in [-0.25, -0.2) is 9.97 Å². The van der Waals surface area contributed by atoms with Gasteiger partial charge >= 0.3 is 0 Å². The molecule has 2 aromatic heterocycles. The van der Waals surface area contributed by atoms with Gasteiger partial charge in [0.25, 0.3) is 0 Å². The minimum atomic E-state index is -0.155. The molecule has 7 rings (SSSR count). The van der Waals surface area contributed by atoms with Gasteiger partial charge in [0.1, 0.15) is 24.0 Å². The number of likely N-dealkylation sites (tertiary alicyclic amines) is 1. The summed E-state index contributed by atoms with van der Waals surface area (Å²) in [4.78, 5) is 47.5. The summed E-state index contributed by atoms with van der Waals surface area (Å²) in [5.41, 5.74) is 7.09. The fourth-order valence-corrected chi connectivity index (χ4v) is 8.22. The maximum absolute atomic E-state index is 13.5. The smallest absolute Gasteiger partial charge is 0.223 e. The largest absolute Gasteiger partial charge is 0.488 e. The first-order valence-electron chi connectivity index (χ1n) is 19.5. The second-order valence-corrected chi connectivity index (χ2v) is 15.3. The van der Waals surface area contributed by atoms with Crippen LogP contribution in [0.25, 0.3) is 44.2 Å². The molecule has 280 valence electrons. The first kappa shape index (κ1) is 36.6. The zero-order valence-corrected chi connectivity index (χ0v) is 32.3. The molecule has 0 unspecified atom stereocenters. The van der Waals surface area contributed by atoms with Crippen molar-refractivity contribution in [3.05, 3.63) is 65.9 Å². The second kappa shape index (κ2) is 15.3. The van der Waals surface area contributed by atoms with Crippen molar-refractivity contribution in [1.29, 1.82) is 0 Å². The van der Waals surface area contributed by atoms with E-state index in [0.717, 1.165) is 92.8 Å². The monoisotopic (exact) mass is 718 g/mol. The van der Waals surface area contributed by atoms with Gasteiger partial charge < -0.3 is 29.2 Å². The highest BCUT2D eigenvalue weighted by atomic mass is 16.5. The van der Waals surface area contributed by atoms with Crippen LogP contribution in [0.3, 0.4) is 0 Å². The van der Waals surface area contributed by atoms with Crippen LogP contribution in [0.1, 0.15) is 109 Å². The number of amides is 2. The van der Waals surface area contributed by atoms with Crippen LogP contribution in [0, 0.1) is 11.8 Å². The van der Waals surface area contributed by atoms with E-state index in [-0.39, 0.29) is 35.9 Å². The highest BCUT2D eigenvalue weighted by Gasteiger charge is 2.38. The molecule has 1 saturated heterocycles. The summed E-state index contributed by atoms with van der Waals surface area (Å²) in [6, 6.07) is 14.9. The lowest BCUT2D eigenvalue weighted by Crippen LogP contribution is -2.40. The molecular weight excluding hydrogens is 665 g/mol. The molecule has 10 nitrogen and oxygen atoms in total. The van der Waals surface area contributed by atoms with Crippen molar-refractivity contribution in [3.63, 3.8) is 0 Å². The Morgan fingerprint density at radius 1 is 1.04 bits per heavy atom. The average Bonchev–Trinajstić information content (AvgIpc) is 3.93. The minimum Gasteiger partial charge on any atom is -0.488 e. The summed E-state index contributed by atoms with van der Waals surface area (Å²) in [5, 5.41) is 2.11. The zero-order valence-electron chi connectivity index (χ0n) is 32.3. The number of rotatable bonds is 13. The molecule has 2 aliphatic rings. The van der Waals surface area contributed by atoms with E-state index >= 15 is 0 Å². The highest BCUT2D eigenvalue weighted by Crippen LogP contribution is 2.43. The molecule has 5 atom stereocenters. The summed E-state index contributed by atoms with van der Waals surface area (Å²) in [6.45, 7) is 14.3. The van der Waals surface area contributed by atoms with Crippen LogP contribution in [0.4, 0.5) is 0 Å². The molecule has 4 heterocycles. The van der Waals surface area contributed by atoms with Crippen LogP contribution >= 0.6 is 0 Å². The Morgan fingerprint density at radius 3 is 2.62 bits per heavy atom. The molecule has 2 amide bonds. The lowest BCUT2D eigenvalue weighted by molar-refractivity contribution is -0.136. The Hall–Kier alpha value is -4.70. The quantitative estimate of drug-likeness (QED) is 0.125. The fraction of sp³-hybridized carbons (Fsp3) is 0.488. The van der Waals surface area contributed by atoms with Crippen LogP contribution in [0.2, 0.25) is 0 Å². The van der Waals surface area contributed by atoms with Crippen molar-refractivity contribution in [2.75, 3.05) is 20.3 Å². The van der Waals surface area contributed by atoms with Crippen molar-refractivity contribution in [2.24, 2.45) is 11.8 Å². The van der Waals surface area contributed by atoms with Gasteiger partial charge in [-0.3, -0.25) is 9.59 Å². The van der Waals surface area contributed by atoms with Crippen LogP contribution in [0.5, 0.6) is 5.75 Å². The molecule has 0 aliphatic carbocycles. The molecule has 10 heteroatoms. The first-order chi connectivity index (χ1) is 25.6. The molecule has 2 aliphatic heterocycles. The normalized spacial score (nSPS) is 18.4. The molecule has 1 fully saturated rings. The number of carbonyl (C=O) groups excluding carboxylic acids is 2. The van der Waals surface area contributed by atoms with Gasteiger partial charge in [-0.05, 0) is 85.4 Å². The van der Waals surface area contributed by atoms with Gasteiger partial charge in [-0.15, -0.1) is 0 Å². The Morgan fingerprint density at radius 2 is 1.87 bits per heavy atom. The minimum absolute atomic E-state index is 0.111. The molecular formula is C43H54N6O4. The third-order valence-corrected chi connectivity index (χ3v) is 11.5. The Labute approximate surface area is 312 Å². The third kappa shape index (κ3) is 7.05. The van der Waals surface area contributed by atoms with E-state index in [2.05, 4.69) is 87.1 Å². The first-order valence-corrected chi connectivity index (χ1v) is 19.5. The number of hydrogen-bond acceptors (Lipinski definition) is 6. The number of ether oxygens (including phenoxy) is 2. The van der Waals surface area contributed by atoms with Gasteiger partial charge in [-0.1, -0.05) is 52.3 Å². The summed E-state index contributed by atoms with van der Waals surface area (Å²) in [6.07, 6.45) is 6.46. The summed E-state index contributed by atoms with van der Waals surface area (Å²) in [7, 11) is 1.73. The molecule has 0 radical (unpaired) electrons. The van der Waals surface area contributed by atoms with Crippen molar-refractivity contribution >= 4 is 33.6 Å². The van der Waals surface area contributed by atoms with E-state index in [1.165, 1.54) is 0 Å². The maximum Gasteiger partial charge on any atom is 0.223 e.